The van der Waals surface area contributed by atoms with Gasteiger partial charge in [-0.3, -0.25) is 4.79 Å². The maximum atomic E-state index is 10.8. The summed E-state index contributed by atoms with van der Waals surface area (Å²) in [6.07, 6.45) is 0.353. The van der Waals surface area contributed by atoms with Crippen molar-refractivity contribution in [2.24, 2.45) is 0 Å². The molecule has 0 radical (unpaired) electrons. The smallest absolute Gasteiger partial charge is 0.135 e. The molecule has 0 heterocycles. The molecule has 1 N–H and O–H groups in total. The van der Waals surface area contributed by atoms with E-state index >= 15 is 0 Å². The lowest BCUT2D eigenvalue weighted by Crippen LogP contribution is -2.02. The summed E-state index contributed by atoms with van der Waals surface area (Å²) < 4.78 is 5.03. The van der Waals surface area contributed by atoms with Crippen LogP contribution in [-0.2, 0) is 4.79 Å². The third-order valence-electron chi connectivity index (χ3n) is 1.87. The summed E-state index contributed by atoms with van der Waals surface area (Å²) >= 11 is 0. The number of allylic oxidation sites excluding steroid dienone is 1. The highest BCUT2D eigenvalue weighted by atomic mass is 16.5. The Labute approximate surface area is 89.8 Å². The quantitative estimate of drug-likeness (QED) is 0.803. The topological polar surface area (TPSA) is 38.3 Å². The Morgan fingerprint density at radius 2 is 2.00 bits per heavy atom. The minimum absolute atomic E-state index is 0.0982. The number of Topliss-reactive ketones (excluding diaryl/α,β-unsaturated/α-hetero) is 1. The number of ether oxygens (including phenoxy) is 1. The first-order chi connectivity index (χ1) is 7.11. The molecule has 0 saturated heterocycles. The third kappa shape index (κ3) is 3.85. The Balaban J connectivity index is 2.57. The lowest BCUT2D eigenvalue weighted by atomic mass is 10.2. The summed E-state index contributed by atoms with van der Waals surface area (Å²) in [6, 6.07) is 7.46. The molecule has 0 bridgehead atoms. The van der Waals surface area contributed by atoms with Crippen LogP contribution in [0.4, 0.5) is 5.69 Å². The fraction of sp³-hybridized carbons (Fsp3) is 0.250. The van der Waals surface area contributed by atoms with Gasteiger partial charge in [0.2, 0.25) is 0 Å². The van der Waals surface area contributed by atoms with Gasteiger partial charge in [0, 0.05) is 17.8 Å². The molecule has 80 valence electrons. The van der Waals surface area contributed by atoms with Gasteiger partial charge in [-0.2, -0.15) is 0 Å². The summed E-state index contributed by atoms with van der Waals surface area (Å²) in [7, 11) is 1.62. The predicted molar refractivity (Wildman–Crippen MR) is 61.1 cm³/mol. The van der Waals surface area contributed by atoms with Gasteiger partial charge in [0.15, 0.2) is 0 Å². The highest BCUT2D eigenvalue weighted by Crippen LogP contribution is 2.16. The molecule has 3 heteroatoms. The average Bonchev–Trinajstić information content (AvgIpc) is 2.17. The van der Waals surface area contributed by atoms with Crippen molar-refractivity contribution in [3.63, 3.8) is 0 Å². The van der Waals surface area contributed by atoms with E-state index in [9.17, 15) is 4.79 Å². The number of hydrogen-bond donors (Lipinski definition) is 1. The first kappa shape index (κ1) is 11.3. The van der Waals surface area contributed by atoms with E-state index < -0.39 is 0 Å². The molecule has 0 saturated carbocycles. The van der Waals surface area contributed by atoms with Crippen LogP contribution in [0.15, 0.2) is 36.5 Å². The number of carbonyl (C=O) groups excluding carboxylic acids is 1. The Bertz CT molecular complexity index is 354. The number of nitrogens with one attached hydrogen (secondary N) is 1. The van der Waals surface area contributed by atoms with Gasteiger partial charge >= 0.3 is 0 Å². The van der Waals surface area contributed by atoms with Crippen LogP contribution in [0, 0.1) is 0 Å². The zero-order chi connectivity index (χ0) is 11.3. The van der Waals surface area contributed by atoms with Gasteiger partial charge in [0.1, 0.15) is 11.5 Å². The second-order valence-corrected chi connectivity index (χ2v) is 3.34. The molecule has 0 aromatic heterocycles. The fourth-order valence-electron chi connectivity index (χ4n) is 1.22. The maximum absolute atomic E-state index is 10.8. The van der Waals surface area contributed by atoms with Crippen molar-refractivity contribution in [3.8, 4) is 5.75 Å². The lowest BCUT2D eigenvalue weighted by Gasteiger charge is -2.08. The van der Waals surface area contributed by atoms with Crippen molar-refractivity contribution in [3.05, 3.63) is 36.5 Å². The van der Waals surface area contributed by atoms with E-state index in [1.54, 1.807) is 14.0 Å². The molecule has 1 rings (SSSR count). The van der Waals surface area contributed by atoms with Crippen LogP contribution in [0.25, 0.3) is 0 Å². The zero-order valence-corrected chi connectivity index (χ0v) is 9.04. The highest BCUT2D eigenvalue weighted by Gasteiger charge is 1.99. The molecule has 3 nitrogen and oxygen atoms in total. The Hall–Kier alpha value is -1.77. The zero-order valence-electron chi connectivity index (χ0n) is 9.04. The van der Waals surface area contributed by atoms with E-state index in [-0.39, 0.29) is 5.78 Å². The van der Waals surface area contributed by atoms with Crippen molar-refractivity contribution in [1.29, 1.82) is 0 Å². The Kier molecular flexibility index (Phi) is 3.92. The van der Waals surface area contributed by atoms with E-state index in [0.29, 0.717) is 12.1 Å². The van der Waals surface area contributed by atoms with Gasteiger partial charge in [0.25, 0.3) is 0 Å². The minimum Gasteiger partial charge on any atom is -0.497 e. The molecule has 0 aliphatic heterocycles. The van der Waals surface area contributed by atoms with Crippen LogP contribution in [0.2, 0.25) is 0 Å². The van der Waals surface area contributed by atoms with E-state index in [1.165, 1.54) is 0 Å². The van der Waals surface area contributed by atoms with E-state index in [1.807, 2.05) is 24.3 Å². The molecule has 15 heavy (non-hydrogen) atoms. The van der Waals surface area contributed by atoms with Gasteiger partial charge in [-0.25, -0.2) is 0 Å². The fourth-order valence-corrected chi connectivity index (χ4v) is 1.22. The normalized spacial score (nSPS) is 9.47. The van der Waals surface area contributed by atoms with E-state index in [4.69, 9.17) is 4.74 Å². The standard InChI is InChI=1S/C12H15NO2/c1-9(8-10(2)14)13-11-4-6-12(15-3)7-5-11/h4-7,13H,1,8H2,2-3H3. The summed E-state index contributed by atoms with van der Waals surface area (Å²) in [5.74, 6) is 0.902. The summed E-state index contributed by atoms with van der Waals surface area (Å²) in [6.45, 7) is 5.31. The SMILES string of the molecule is C=C(CC(C)=O)Nc1ccc(OC)cc1. The second kappa shape index (κ2) is 5.20. The van der Waals surface area contributed by atoms with Gasteiger partial charge in [-0.15, -0.1) is 0 Å². The van der Waals surface area contributed by atoms with E-state index in [2.05, 4.69) is 11.9 Å². The molecule has 0 unspecified atom stereocenters. The molecule has 0 amide bonds. The molecule has 0 aliphatic carbocycles. The van der Waals surface area contributed by atoms with Gasteiger partial charge in [0.05, 0.1) is 7.11 Å². The average molecular weight is 205 g/mol. The molecule has 0 fully saturated rings. The number of carbonyl (C=O) groups is 1. The van der Waals surface area contributed by atoms with E-state index in [0.717, 1.165) is 11.4 Å². The predicted octanol–water partition coefficient (Wildman–Crippen LogP) is 2.60. The van der Waals surface area contributed by atoms with Gasteiger partial charge in [-0.1, -0.05) is 6.58 Å². The van der Waals surface area contributed by atoms with Crippen molar-refractivity contribution in [1.82, 2.24) is 0 Å². The molecular weight excluding hydrogens is 190 g/mol. The third-order valence-corrected chi connectivity index (χ3v) is 1.87. The second-order valence-electron chi connectivity index (χ2n) is 3.34. The van der Waals surface area contributed by atoms with Crippen LogP contribution < -0.4 is 10.1 Å². The monoisotopic (exact) mass is 205 g/mol. The first-order valence-electron chi connectivity index (χ1n) is 4.70. The number of hydrogen-bond acceptors (Lipinski definition) is 3. The first-order valence-corrected chi connectivity index (χ1v) is 4.70. The highest BCUT2D eigenvalue weighted by molar-refractivity contribution is 5.78. The molecule has 0 spiro atoms. The Morgan fingerprint density at radius 1 is 1.40 bits per heavy atom. The molecule has 1 aromatic rings. The van der Waals surface area contributed by atoms with Crippen molar-refractivity contribution in [2.75, 3.05) is 12.4 Å². The van der Waals surface area contributed by atoms with Crippen molar-refractivity contribution < 1.29 is 9.53 Å². The number of rotatable bonds is 5. The van der Waals surface area contributed by atoms with Gasteiger partial charge in [-0.05, 0) is 31.2 Å². The lowest BCUT2D eigenvalue weighted by molar-refractivity contribution is -0.116. The molecule has 0 atom stereocenters. The minimum atomic E-state index is 0.0982. The van der Waals surface area contributed by atoms with Crippen LogP contribution in [0.3, 0.4) is 0 Å². The van der Waals surface area contributed by atoms with Crippen LogP contribution in [0.5, 0.6) is 5.75 Å². The molecular formula is C12H15NO2. The summed E-state index contributed by atoms with van der Waals surface area (Å²) in [4.78, 5) is 10.8. The van der Waals surface area contributed by atoms with Crippen molar-refractivity contribution in [2.45, 2.75) is 13.3 Å². The number of benzene rings is 1. The molecule has 0 aliphatic rings. The molecule has 1 aromatic carbocycles. The number of anilines is 1. The summed E-state index contributed by atoms with van der Waals surface area (Å²) in [5.41, 5.74) is 1.61. The van der Waals surface area contributed by atoms with Crippen LogP contribution >= 0.6 is 0 Å². The maximum Gasteiger partial charge on any atom is 0.135 e. The van der Waals surface area contributed by atoms with Crippen LogP contribution in [-0.4, -0.2) is 12.9 Å². The van der Waals surface area contributed by atoms with Crippen LogP contribution in [0.1, 0.15) is 13.3 Å². The largest absolute Gasteiger partial charge is 0.497 e. The summed E-state index contributed by atoms with van der Waals surface area (Å²) in [5, 5.41) is 3.05. The number of ketones is 1. The Morgan fingerprint density at radius 3 is 2.47 bits per heavy atom. The van der Waals surface area contributed by atoms with Gasteiger partial charge < -0.3 is 10.1 Å². The van der Waals surface area contributed by atoms with Crippen molar-refractivity contribution >= 4 is 11.5 Å². The number of methoxy groups -OCH3 is 1.